The molecule has 0 bridgehead atoms. The first-order chi connectivity index (χ1) is 7.54. The maximum Gasteiger partial charge on any atom is 0.336 e. The molecular weight excluding hydrogens is 235 g/mol. The molecule has 1 unspecified atom stereocenters. The topological polar surface area (TPSA) is 77.8 Å². The van der Waals surface area contributed by atoms with E-state index in [1.54, 1.807) is 0 Å². The first kappa shape index (κ1) is 13.0. The van der Waals surface area contributed by atoms with Gasteiger partial charge in [0, 0.05) is 10.6 Å². The molecular formula is C10H11FO4S. The lowest BCUT2D eigenvalue weighted by Gasteiger charge is -2.08. The van der Waals surface area contributed by atoms with Crippen LogP contribution in [0.5, 0.6) is 0 Å². The average Bonchev–Trinajstić information content (AvgIpc) is 2.26. The van der Waals surface area contributed by atoms with Crippen LogP contribution in [-0.4, -0.2) is 39.8 Å². The van der Waals surface area contributed by atoms with Crippen molar-refractivity contribution in [3.05, 3.63) is 29.6 Å². The highest BCUT2D eigenvalue weighted by Crippen LogP contribution is 2.24. The fourth-order valence-electron chi connectivity index (χ4n) is 1.03. The lowest BCUT2D eigenvalue weighted by atomic mass is 10.2. The van der Waals surface area contributed by atoms with Crippen molar-refractivity contribution in [3.63, 3.8) is 0 Å². The van der Waals surface area contributed by atoms with Gasteiger partial charge in [-0.2, -0.15) is 0 Å². The van der Waals surface area contributed by atoms with Crippen LogP contribution >= 0.6 is 11.8 Å². The third-order valence-corrected chi connectivity index (χ3v) is 3.03. The number of rotatable bonds is 5. The van der Waals surface area contributed by atoms with Gasteiger partial charge in [0.05, 0.1) is 18.3 Å². The fourth-order valence-corrected chi connectivity index (χ4v) is 1.98. The predicted octanol–water partition coefficient (Wildman–Crippen LogP) is 0.969. The number of benzene rings is 1. The van der Waals surface area contributed by atoms with Crippen molar-refractivity contribution in [1.29, 1.82) is 0 Å². The van der Waals surface area contributed by atoms with E-state index in [0.717, 1.165) is 23.9 Å². The van der Waals surface area contributed by atoms with E-state index >= 15 is 0 Å². The number of carboxylic acids is 1. The van der Waals surface area contributed by atoms with Crippen LogP contribution in [0.4, 0.5) is 4.39 Å². The summed E-state index contributed by atoms with van der Waals surface area (Å²) in [4.78, 5) is 11.2. The van der Waals surface area contributed by atoms with Gasteiger partial charge in [0.15, 0.2) is 0 Å². The van der Waals surface area contributed by atoms with Crippen molar-refractivity contribution >= 4 is 17.7 Å². The van der Waals surface area contributed by atoms with Crippen molar-refractivity contribution in [2.75, 3.05) is 12.4 Å². The van der Waals surface area contributed by atoms with E-state index in [2.05, 4.69) is 0 Å². The molecule has 0 aliphatic carbocycles. The predicted molar refractivity (Wildman–Crippen MR) is 57.2 cm³/mol. The molecule has 0 heterocycles. The summed E-state index contributed by atoms with van der Waals surface area (Å²) >= 11 is 1.06. The molecule has 0 saturated heterocycles. The summed E-state index contributed by atoms with van der Waals surface area (Å²) in [6.45, 7) is -0.392. The first-order valence-electron chi connectivity index (χ1n) is 4.49. The van der Waals surface area contributed by atoms with E-state index in [0.29, 0.717) is 4.90 Å². The van der Waals surface area contributed by atoms with Gasteiger partial charge in [0.25, 0.3) is 0 Å². The highest BCUT2D eigenvalue weighted by atomic mass is 32.2. The van der Waals surface area contributed by atoms with Gasteiger partial charge in [-0.15, -0.1) is 11.8 Å². The van der Waals surface area contributed by atoms with Gasteiger partial charge < -0.3 is 15.3 Å². The van der Waals surface area contributed by atoms with Crippen LogP contribution in [0.15, 0.2) is 23.1 Å². The van der Waals surface area contributed by atoms with Gasteiger partial charge in [-0.1, -0.05) is 0 Å². The molecule has 0 radical (unpaired) electrons. The molecule has 16 heavy (non-hydrogen) atoms. The molecule has 4 nitrogen and oxygen atoms in total. The standard InChI is InChI=1S/C10H11FO4S/c11-6-1-2-9(8(3-6)10(14)15)16-5-7(13)4-12/h1-3,7,12-13H,4-5H2,(H,14,15). The maximum absolute atomic E-state index is 12.8. The molecule has 0 amide bonds. The summed E-state index contributed by atoms with van der Waals surface area (Å²) in [5, 5.41) is 26.5. The summed E-state index contributed by atoms with van der Waals surface area (Å²) in [6, 6.07) is 3.42. The van der Waals surface area contributed by atoms with Crippen LogP contribution < -0.4 is 0 Å². The number of aromatic carboxylic acids is 1. The molecule has 6 heteroatoms. The monoisotopic (exact) mass is 246 g/mol. The van der Waals surface area contributed by atoms with E-state index in [1.807, 2.05) is 0 Å². The number of carboxylic acid groups (broad SMARTS) is 1. The molecule has 0 saturated carbocycles. The van der Waals surface area contributed by atoms with E-state index in [-0.39, 0.29) is 11.3 Å². The second kappa shape index (κ2) is 5.83. The molecule has 0 aliphatic heterocycles. The molecule has 0 fully saturated rings. The Morgan fingerprint density at radius 3 is 2.75 bits per heavy atom. The summed E-state index contributed by atoms with van der Waals surface area (Å²) in [5.41, 5.74) is -0.143. The SMILES string of the molecule is O=C(O)c1cc(F)ccc1SCC(O)CO. The van der Waals surface area contributed by atoms with Crippen LogP contribution in [0.2, 0.25) is 0 Å². The Labute approximate surface area is 95.7 Å². The van der Waals surface area contributed by atoms with Gasteiger partial charge in [-0.25, -0.2) is 9.18 Å². The second-order valence-corrected chi connectivity index (χ2v) is 4.15. The average molecular weight is 246 g/mol. The smallest absolute Gasteiger partial charge is 0.336 e. The lowest BCUT2D eigenvalue weighted by Crippen LogP contribution is -2.15. The first-order valence-corrected chi connectivity index (χ1v) is 5.47. The van der Waals surface area contributed by atoms with Crippen molar-refractivity contribution < 1.29 is 24.5 Å². The summed E-state index contributed by atoms with van der Waals surface area (Å²) in [7, 11) is 0. The third kappa shape index (κ3) is 3.48. The molecule has 1 aromatic rings. The molecule has 3 N–H and O–H groups in total. The van der Waals surface area contributed by atoms with E-state index in [9.17, 15) is 9.18 Å². The van der Waals surface area contributed by atoms with Crippen LogP contribution in [-0.2, 0) is 0 Å². The van der Waals surface area contributed by atoms with Crippen LogP contribution in [0, 0.1) is 5.82 Å². The number of hydrogen-bond acceptors (Lipinski definition) is 4. The number of thioether (sulfide) groups is 1. The maximum atomic E-state index is 12.8. The molecule has 1 rings (SSSR count). The van der Waals surface area contributed by atoms with Crippen molar-refractivity contribution in [1.82, 2.24) is 0 Å². The minimum Gasteiger partial charge on any atom is -0.478 e. The highest BCUT2D eigenvalue weighted by Gasteiger charge is 2.13. The Bertz CT molecular complexity index is 383. The number of aliphatic hydroxyl groups is 2. The Balaban J connectivity index is 2.82. The molecule has 1 aromatic carbocycles. The van der Waals surface area contributed by atoms with E-state index < -0.39 is 24.5 Å². The number of aliphatic hydroxyl groups excluding tert-OH is 2. The molecule has 88 valence electrons. The quantitative estimate of drug-likeness (QED) is 0.675. The van der Waals surface area contributed by atoms with Crippen LogP contribution in [0.25, 0.3) is 0 Å². The molecule has 0 aromatic heterocycles. The Morgan fingerprint density at radius 2 is 2.19 bits per heavy atom. The minimum absolute atomic E-state index is 0.143. The highest BCUT2D eigenvalue weighted by molar-refractivity contribution is 7.99. The summed E-state index contributed by atoms with van der Waals surface area (Å²) in [6.07, 6.45) is -0.920. The summed E-state index contributed by atoms with van der Waals surface area (Å²) in [5.74, 6) is -1.69. The molecule has 1 atom stereocenters. The van der Waals surface area contributed by atoms with Gasteiger partial charge in [0.1, 0.15) is 5.82 Å². The Morgan fingerprint density at radius 1 is 1.50 bits per heavy atom. The van der Waals surface area contributed by atoms with Crippen molar-refractivity contribution in [2.24, 2.45) is 0 Å². The van der Waals surface area contributed by atoms with Gasteiger partial charge in [-0.3, -0.25) is 0 Å². The number of hydrogen-bond donors (Lipinski definition) is 3. The largest absolute Gasteiger partial charge is 0.478 e. The Hall–Kier alpha value is -1.11. The minimum atomic E-state index is -1.22. The summed E-state index contributed by atoms with van der Waals surface area (Å²) < 4.78 is 12.8. The van der Waals surface area contributed by atoms with Crippen molar-refractivity contribution in [3.8, 4) is 0 Å². The van der Waals surface area contributed by atoms with Crippen LogP contribution in [0.1, 0.15) is 10.4 Å². The van der Waals surface area contributed by atoms with Gasteiger partial charge in [-0.05, 0) is 18.2 Å². The van der Waals surface area contributed by atoms with E-state index in [4.69, 9.17) is 15.3 Å². The number of carbonyl (C=O) groups is 1. The zero-order valence-corrected chi connectivity index (χ0v) is 9.08. The van der Waals surface area contributed by atoms with Gasteiger partial charge >= 0.3 is 5.97 Å². The number of halogens is 1. The fraction of sp³-hybridized carbons (Fsp3) is 0.300. The molecule has 0 aliphatic rings. The second-order valence-electron chi connectivity index (χ2n) is 3.09. The van der Waals surface area contributed by atoms with Crippen molar-refractivity contribution in [2.45, 2.75) is 11.0 Å². The Kier molecular flexibility index (Phi) is 4.72. The zero-order valence-electron chi connectivity index (χ0n) is 8.26. The zero-order chi connectivity index (χ0) is 12.1. The van der Waals surface area contributed by atoms with E-state index in [1.165, 1.54) is 6.07 Å². The third-order valence-electron chi connectivity index (χ3n) is 1.81. The lowest BCUT2D eigenvalue weighted by molar-refractivity contribution is 0.0692. The molecule has 0 spiro atoms. The normalized spacial score (nSPS) is 12.4. The van der Waals surface area contributed by atoms with Gasteiger partial charge in [0.2, 0.25) is 0 Å². The van der Waals surface area contributed by atoms with Crippen LogP contribution in [0.3, 0.4) is 0 Å².